The van der Waals surface area contributed by atoms with Gasteiger partial charge in [0.05, 0.1) is 0 Å². The van der Waals surface area contributed by atoms with Gasteiger partial charge in [-0.2, -0.15) is 0 Å². The highest BCUT2D eigenvalue weighted by Crippen LogP contribution is 2.34. The SMILES string of the molecule is C=C/C=C\C.CC.CC.CC.CCC1CC(C)C1.CCc1ncccn1. The van der Waals surface area contributed by atoms with E-state index in [1.807, 2.05) is 73.6 Å². The van der Waals surface area contributed by atoms with Crippen LogP contribution in [0.1, 0.15) is 94.3 Å². The third-order valence-electron chi connectivity index (χ3n) is 3.31. The van der Waals surface area contributed by atoms with E-state index in [4.69, 9.17) is 0 Å². The summed E-state index contributed by atoms with van der Waals surface area (Å²) in [4.78, 5) is 7.97. The second-order valence-electron chi connectivity index (χ2n) is 5.13. The Morgan fingerprint density at radius 2 is 1.46 bits per heavy atom. The van der Waals surface area contributed by atoms with Crippen molar-refractivity contribution in [2.24, 2.45) is 11.8 Å². The normalized spacial score (nSPS) is 16.1. The number of aryl methyl sites for hydroxylation is 1. The number of aromatic nitrogens is 2. The maximum absolute atomic E-state index is 3.99. The van der Waals surface area contributed by atoms with Crippen molar-refractivity contribution in [1.82, 2.24) is 9.97 Å². The van der Waals surface area contributed by atoms with Gasteiger partial charge in [-0.3, -0.25) is 0 Å². The topological polar surface area (TPSA) is 25.8 Å². The minimum absolute atomic E-state index is 0.910. The van der Waals surface area contributed by atoms with E-state index >= 15 is 0 Å². The average Bonchev–Trinajstić information content (AvgIpc) is 2.72. The van der Waals surface area contributed by atoms with E-state index < -0.39 is 0 Å². The lowest BCUT2D eigenvalue weighted by Gasteiger charge is -2.31. The molecule has 1 fully saturated rings. The van der Waals surface area contributed by atoms with Crippen LogP contribution in [-0.4, -0.2) is 9.97 Å². The summed E-state index contributed by atoms with van der Waals surface area (Å²) in [6, 6.07) is 1.82. The fraction of sp³-hybridized carbons (Fsp3) is 0.667. The molecule has 0 spiro atoms. The summed E-state index contributed by atoms with van der Waals surface area (Å²) in [5, 5.41) is 0. The first kappa shape index (κ1) is 32.3. The van der Waals surface area contributed by atoms with Gasteiger partial charge in [-0.15, -0.1) is 0 Å². The Morgan fingerprint density at radius 1 is 1.00 bits per heavy atom. The van der Waals surface area contributed by atoms with Gasteiger partial charge in [0.15, 0.2) is 0 Å². The predicted molar refractivity (Wildman–Crippen MR) is 123 cm³/mol. The first-order chi connectivity index (χ1) is 12.7. The summed E-state index contributed by atoms with van der Waals surface area (Å²) in [6.45, 7) is 24.1. The van der Waals surface area contributed by atoms with Gasteiger partial charge in [0.25, 0.3) is 0 Å². The predicted octanol–water partition coefficient (Wildman–Crippen LogP) is 8.31. The van der Waals surface area contributed by atoms with Gasteiger partial charge in [0, 0.05) is 18.8 Å². The van der Waals surface area contributed by atoms with Crippen LogP contribution < -0.4 is 0 Å². The van der Waals surface area contributed by atoms with Crippen molar-refractivity contribution in [2.45, 2.75) is 94.9 Å². The fourth-order valence-corrected chi connectivity index (χ4v) is 2.05. The van der Waals surface area contributed by atoms with E-state index in [1.54, 1.807) is 18.5 Å². The zero-order valence-electron chi connectivity index (χ0n) is 19.5. The van der Waals surface area contributed by atoms with Gasteiger partial charge in [-0.25, -0.2) is 9.97 Å². The molecule has 1 aromatic rings. The Bertz CT molecular complexity index is 352. The monoisotopic (exact) mass is 364 g/mol. The summed E-state index contributed by atoms with van der Waals surface area (Å²) in [6.07, 6.45) is 14.4. The third-order valence-corrected chi connectivity index (χ3v) is 3.31. The zero-order valence-corrected chi connectivity index (χ0v) is 19.5. The van der Waals surface area contributed by atoms with Crippen molar-refractivity contribution in [3.63, 3.8) is 0 Å². The molecule has 1 aromatic heterocycles. The highest BCUT2D eigenvalue weighted by Gasteiger charge is 2.22. The molecule has 0 saturated heterocycles. The Hall–Kier alpha value is -1.44. The largest absolute Gasteiger partial charge is 0.241 e. The number of nitrogens with zero attached hydrogens (tertiary/aromatic N) is 2. The molecule has 2 rings (SSSR count). The Labute approximate surface area is 166 Å². The molecule has 154 valence electrons. The van der Waals surface area contributed by atoms with E-state index in [9.17, 15) is 0 Å². The molecule has 2 heteroatoms. The lowest BCUT2D eigenvalue weighted by Crippen LogP contribution is -2.19. The molecular formula is C24H48N2. The van der Waals surface area contributed by atoms with E-state index in [2.05, 4.69) is 30.4 Å². The van der Waals surface area contributed by atoms with E-state index in [1.165, 1.54) is 19.3 Å². The van der Waals surface area contributed by atoms with Crippen LogP contribution in [0.5, 0.6) is 0 Å². The van der Waals surface area contributed by atoms with Gasteiger partial charge < -0.3 is 0 Å². The van der Waals surface area contributed by atoms with Crippen LogP contribution >= 0.6 is 0 Å². The van der Waals surface area contributed by atoms with Crippen molar-refractivity contribution in [1.29, 1.82) is 0 Å². The molecule has 1 aliphatic carbocycles. The van der Waals surface area contributed by atoms with E-state index in [0.29, 0.717) is 0 Å². The number of allylic oxidation sites excluding steroid dienone is 3. The van der Waals surface area contributed by atoms with Crippen LogP contribution in [0.25, 0.3) is 0 Å². The van der Waals surface area contributed by atoms with Crippen molar-refractivity contribution in [2.75, 3.05) is 0 Å². The molecule has 1 saturated carbocycles. The van der Waals surface area contributed by atoms with Crippen molar-refractivity contribution >= 4 is 0 Å². The summed E-state index contributed by atoms with van der Waals surface area (Å²) in [5.74, 6) is 3.05. The Morgan fingerprint density at radius 3 is 1.62 bits per heavy atom. The standard InChI is InChI=1S/C7H14.C6H8N2.C5H8.3C2H6/c1-3-7-4-6(2)5-7;1-2-6-7-4-3-5-8-6;1-3-5-4-2;3*1-2/h6-7H,3-5H2,1-2H3;3-5H,2H2,1H3;3-5H,1H2,2H3;3*1-2H3/b;;5-4-;;;. The molecule has 0 unspecified atom stereocenters. The lowest BCUT2D eigenvalue weighted by molar-refractivity contribution is 0.206. The zero-order chi connectivity index (χ0) is 21.2. The number of rotatable bonds is 3. The summed E-state index contributed by atoms with van der Waals surface area (Å²) < 4.78 is 0. The first-order valence-corrected chi connectivity index (χ1v) is 10.7. The van der Waals surface area contributed by atoms with Crippen LogP contribution in [0.15, 0.2) is 43.3 Å². The molecular weight excluding hydrogens is 316 g/mol. The molecule has 0 atom stereocenters. The van der Waals surface area contributed by atoms with Gasteiger partial charge in [0.1, 0.15) is 5.82 Å². The van der Waals surface area contributed by atoms with Crippen molar-refractivity contribution in [3.8, 4) is 0 Å². The summed E-state index contributed by atoms with van der Waals surface area (Å²) >= 11 is 0. The number of hydrogen-bond donors (Lipinski definition) is 0. The molecule has 2 nitrogen and oxygen atoms in total. The Kier molecular flexibility index (Phi) is 38.9. The average molecular weight is 365 g/mol. The highest BCUT2D eigenvalue weighted by molar-refractivity contribution is 4.94. The number of hydrogen-bond acceptors (Lipinski definition) is 2. The quantitative estimate of drug-likeness (QED) is 0.504. The minimum atomic E-state index is 0.910. The first-order valence-electron chi connectivity index (χ1n) is 10.7. The molecule has 1 heterocycles. The minimum Gasteiger partial charge on any atom is -0.241 e. The van der Waals surface area contributed by atoms with Gasteiger partial charge >= 0.3 is 0 Å². The van der Waals surface area contributed by atoms with Crippen molar-refractivity contribution < 1.29 is 0 Å². The molecule has 0 N–H and O–H groups in total. The summed E-state index contributed by atoms with van der Waals surface area (Å²) in [5.41, 5.74) is 0. The lowest BCUT2D eigenvalue weighted by atomic mass is 9.75. The molecule has 0 aromatic carbocycles. The molecule has 0 amide bonds. The van der Waals surface area contributed by atoms with Crippen LogP contribution in [-0.2, 0) is 6.42 Å². The van der Waals surface area contributed by atoms with Crippen LogP contribution in [0, 0.1) is 11.8 Å². The second-order valence-corrected chi connectivity index (χ2v) is 5.13. The molecule has 0 aliphatic heterocycles. The smallest absolute Gasteiger partial charge is 0.127 e. The van der Waals surface area contributed by atoms with Crippen LogP contribution in [0.4, 0.5) is 0 Å². The van der Waals surface area contributed by atoms with Gasteiger partial charge in [0.2, 0.25) is 0 Å². The van der Waals surface area contributed by atoms with Gasteiger partial charge in [-0.05, 0) is 37.7 Å². The third kappa shape index (κ3) is 24.8. The van der Waals surface area contributed by atoms with Crippen molar-refractivity contribution in [3.05, 3.63) is 49.1 Å². The Balaban J connectivity index is -0.000000124. The van der Waals surface area contributed by atoms with Gasteiger partial charge in [-0.1, -0.05) is 93.5 Å². The molecule has 26 heavy (non-hydrogen) atoms. The van der Waals surface area contributed by atoms with E-state index in [-0.39, 0.29) is 0 Å². The molecule has 1 aliphatic rings. The second kappa shape index (κ2) is 31.3. The fourth-order valence-electron chi connectivity index (χ4n) is 2.05. The maximum Gasteiger partial charge on any atom is 0.127 e. The maximum atomic E-state index is 3.99. The summed E-state index contributed by atoms with van der Waals surface area (Å²) in [7, 11) is 0. The van der Waals surface area contributed by atoms with E-state index in [0.717, 1.165) is 24.1 Å². The molecule has 0 bridgehead atoms. The highest BCUT2D eigenvalue weighted by atomic mass is 14.8. The van der Waals surface area contributed by atoms with Crippen LogP contribution in [0.3, 0.4) is 0 Å². The molecule has 0 radical (unpaired) electrons. The van der Waals surface area contributed by atoms with Crippen LogP contribution in [0.2, 0.25) is 0 Å².